The molecule has 1 N–H and O–H groups in total. The van der Waals surface area contributed by atoms with Crippen LogP contribution in [-0.4, -0.2) is 68.3 Å². The monoisotopic (exact) mass is 424 g/mol. The molecule has 0 saturated carbocycles. The highest BCUT2D eigenvalue weighted by molar-refractivity contribution is 7.91. The second-order valence-electron chi connectivity index (χ2n) is 7.71. The van der Waals surface area contributed by atoms with Crippen molar-refractivity contribution in [1.29, 1.82) is 0 Å². The fourth-order valence-corrected chi connectivity index (χ4v) is 4.92. The molecule has 0 bridgehead atoms. The molecule has 0 unspecified atom stereocenters. The van der Waals surface area contributed by atoms with Crippen LogP contribution in [0.5, 0.6) is 0 Å². The van der Waals surface area contributed by atoms with E-state index in [1.165, 1.54) is 4.90 Å². The van der Waals surface area contributed by atoms with Crippen molar-refractivity contribution in [2.75, 3.05) is 31.2 Å². The quantitative estimate of drug-likeness (QED) is 0.622. The number of aryl methyl sites for hydroxylation is 1. The Bertz CT molecular complexity index is 865. The summed E-state index contributed by atoms with van der Waals surface area (Å²) in [5.74, 6) is -1.43. The molecule has 2 rings (SSSR count). The Morgan fingerprint density at radius 2 is 2.00 bits per heavy atom. The minimum Gasteiger partial charge on any atom is -0.454 e. The van der Waals surface area contributed by atoms with Crippen LogP contribution in [-0.2, 0) is 24.2 Å². The number of benzene rings is 1. The van der Waals surface area contributed by atoms with Crippen molar-refractivity contribution in [1.82, 2.24) is 10.2 Å². The maximum atomic E-state index is 12.5. The van der Waals surface area contributed by atoms with E-state index in [4.69, 9.17) is 4.74 Å². The van der Waals surface area contributed by atoms with Crippen molar-refractivity contribution in [2.45, 2.75) is 33.2 Å². The van der Waals surface area contributed by atoms with Crippen molar-refractivity contribution in [3.8, 4) is 0 Å². The van der Waals surface area contributed by atoms with Gasteiger partial charge in [0.05, 0.1) is 11.5 Å². The maximum Gasteiger partial charge on any atom is 0.325 e. The van der Waals surface area contributed by atoms with E-state index in [2.05, 4.69) is 5.32 Å². The molecule has 29 heavy (non-hydrogen) atoms. The molecule has 1 atom stereocenters. The predicted molar refractivity (Wildman–Crippen MR) is 108 cm³/mol. The summed E-state index contributed by atoms with van der Waals surface area (Å²) < 4.78 is 28.5. The molecule has 1 saturated heterocycles. The fraction of sp³-hybridized carbons (Fsp3) is 0.550. The van der Waals surface area contributed by atoms with E-state index >= 15 is 0 Å². The summed E-state index contributed by atoms with van der Waals surface area (Å²) in [7, 11) is -3.14. The van der Waals surface area contributed by atoms with Gasteiger partial charge in [-0.25, -0.2) is 8.42 Å². The molecule has 1 aliphatic rings. The minimum absolute atomic E-state index is 0.0598. The molecule has 1 fully saturated rings. The van der Waals surface area contributed by atoms with Gasteiger partial charge >= 0.3 is 5.97 Å². The normalized spacial score (nSPS) is 17.7. The zero-order valence-corrected chi connectivity index (χ0v) is 17.8. The van der Waals surface area contributed by atoms with E-state index in [1.54, 1.807) is 18.2 Å². The first kappa shape index (κ1) is 22.9. The van der Waals surface area contributed by atoms with E-state index in [0.29, 0.717) is 18.5 Å². The van der Waals surface area contributed by atoms with Gasteiger partial charge in [0.15, 0.2) is 16.4 Å². The van der Waals surface area contributed by atoms with Crippen molar-refractivity contribution in [2.24, 2.45) is 5.92 Å². The molecule has 1 heterocycles. The summed E-state index contributed by atoms with van der Waals surface area (Å²) >= 11 is 0. The Labute approximate surface area is 171 Å². The summed E-state index contributed by atoms with van der Waals surface area (Å²) in [6.45, 7) is 5.26. The molecule has 0 aromatic heterocycles. The number of carbonyl (C=O) groups excluding carboxylic acids is 3. The molecule has 9 heteroatoms. The lowest BCUT2D eigenvalue weighted by atomic mass is 10.1. The predicted octanol–water partition coefficient (Wildman–Crippen LogP) is 0.940. The summed E-state index contributed by atoms with van der Waals surface area (Å²) in [4.78, 5) is 38.0. The highest BCUT2D eigenvalue weighted by Crippen LogP contribution is 2.19. The van der Waals surface area contributed by atoms with Gasteiger partial charge in [-0.05, 0) is 31.4 Å². The number of nitrogens with zero attached hydrogens (tertiary/aromatic N) is 1. The zero-order valence-electron chi connectivity index (χ0n) is 17.0. The van der Waals surface area contributed by atoms with E-state index in [9.17, 15) is 22.8 Å². The molecular formula is C20H28N2O6S. The second-order valence-corrected chi connectivity index (χ2v) is 9.94. The SMILES string of the molecule is Cc1cccc(C(=O)NCC(=O)OCC(=O)N(CC(C)C)[C@H]2CCS(=O)(=O)C2)c1. The summed E-state index contributed by atoms with van der Waals surface area (Å²) in [5, 5.41) is 2.46. The van der Waals surface area contributed by atoms with Gasteiger partial charge in [0.1, 0.15) is 6.54 Å². The Balaban J connectivity index is 1.85. The van der Waals surface area contributed by atoms with Crippen LogP contribution < -0.4 is 5.32 Å². The van der Waals surface area contributed by atoms with Gasteiger partial charge in [0.25, 0.3) is 11.8 Å². The van der Waals surface area contributed by atoms with Crippen LogP contribution in [0.3, 0.4) is 0 Å². The Kier molecular flexibility index (Phi) is 7.78. The average molecular weight is 425 g/mol. The van der Waals surface area contributed by atoms with Crippen molar-refractivity contribution >= 4 is 27.6 Å². The zero-order chi connectivity index (χ0) is 21.6. The number of rotatable bonds is 8. The Hall–Kier alpha value is -2.42. The van der Waals surface area contributed by atoms with E-state index in [0.717, 1.165) is 5.56 Å². The van der Waals surface area contributed by atoms with E-state index < -0.39 is 40.3 Å². The highest BCUT2D eigenvalue weighted by atomic mass is 32.2. The number of nitrogens with one attached hydrogen (secondary N) is 1. The van der Waals surface area contributed by atoms with Crippen molar-refractivity contribution < 1.29 is 27.5 Å². The standard InChI is InChI=1S/C20H28N2O6S/c1-14(2)11-22(17-7-8-29(26,27)13-17)18(23)12-28-19(24)10-21-20(25)16-6-4-5-15(3)9-16/h4-6,9,14,17H,7-8,10-13H2,1-3H3,(H,21,25)/t17-/m0/s1. The molecule has 1 aromatic carbocycles. The van der Waals surface area contributed by atoms with Gasteiger partial charge in [-0.3, -0.25) is 14.4 Å². The average Bonchev–Trinajstić information content (AvgIpc) is 3.01. The maximum absolute atomic E-state index is 12.5. The second kappa shape index (κ2) is 9.87. The van der Waals surface area contributed by atoms with E-state index in [1.807, 2.05) is 26.8 Å². The lowest BCUT2D eigenvalue weighted by molar-refractivity contribution is -0.152. The van der Waals surface area contributed by atoms with Crippen molar-refractivity contribution in [3.63, 3.8) is 0 Å². The third-order valence-electron chi connectivity index (χ3n) is 4.56. The molecular weight excluding hydrogens is 396 g/mol. The lowest BCUT2D eigenvalue weighted by Gasteiger charge is -2.29. The minimum atomic E-state index is -3.14. The lowest BCUT2D eigenvalue weighted by Crippen LogP contribution is -2.45. The van der Waals surface area contributed by atoms with Crippen LogP contribution in [0.15, 0.2) is 24.3 Å². The number of carbonyl (C=O) groups is 3. The number of hydrogen-bond donors (Lipinski definition) is 1. The summed E-state index contributed by atoms with van der Waals surface area (Å²) in [6, 6.07) is 6.54. The number of amides is 2. The third-order valence-corrected chi connectivity index (χ3v) is 6.31. The first-order chi connectivity index (χ1) is 13.6. The number of esters is 1. The van der Waals surface area contributed by atoms with E-state index in [-0.39, 0.29) is 24.0 Å². The molecule has 2 amide bonds. The molecule has 0 radical (unpaired) electrons. The van der Waals surface area contributed by atoms with Gasteiger partial charge in [0, 0.05) is 18.2 Å². The van der Waals surface area contributed by atoms with Crippen LogP contribution >= 0.6 is 0 Å². The number of hydrogen-bond acceptors (Lipinski definition) is 6. The van der Waals surface area contributed by atoms with Crippen LogP contribution in [0.4, 0.5) is 0 Å². The van der Waals surface area contributed by atoms with Crippen LogP contribution in [0.25, 0.3) is 0 Å². The van der Waals surface area contributed by atoms with Gasteiger partial charge in [-0.1, -0.05) is 31.5 Å². The molecule has 160 valence electrons. The largest absolute Gasteiger partial charge is 0.454 e. The third kappa shape index (κ3) is 7.16. The molecule has 1 aromatic rings. The van der Waals surface area contributed by atoms with Gasteiger partial charge in [-0.2, -0.15) is 0 Å². The van der Waals surface area contributed by atoms with Gasteiger partial charge in [0.2, 0.25) is 0 Å². The summed E-state index contributed by atoms with van der Waals surface area (Å²) in [6.07, 6.45) is 0.390. The van der Waals surface area contributed by atoms with Crippen LogP contribution in [0, 0.1) is 12.8 Å². The van der Waals surface area contributed by atoms with Crippen LogP contribution in [0.2, 0.25) is 0 Å². The molecule has 0 aliphatic carbocycles. The number of sulfone groups is 1. The topological polar surface area (TPSA) is 110 Å². The fourth-order valence-electron chi connectivity index (χ4n) is 3.19. The van der Waals surface area contributed by atoms with Gasteiger partial charge < -0.3 is 15.0 Å². The van der Waals surface area contributed by atoms with Crippen LogP contribution in [0.1, 0.15) is 36.2 Å². The first-order valence-electron chi connectivity index (χ1n) is 9.58. The molecule has 8 nitrogen and oxygen atoms in total. The molecule has 1 aliphatic heterocycles. The summed E-state index contributed by atoms with van der Waals surface area (Å²) in [5.41, 5.74) is 1.35. The van der Waals surface area contributed by atoms with Crippen molar-refractivity contribution in [3.05, 3.63) is 35.4 Å². The Morgan fingerprint density at radius 3 is 2.59 bits per heavy atom. The molecule has 0 spiro atoms. The Morgan fingerprint density at radius 1 is 1.28 bits per heavy atom. The smallest absolute Gasteiger partial charge is 0.325 e. The van der Waals surface area contributed by atoms with Gasteiger partial charge in [-0.15, -0.1) is 0 Å². The first-order valence-corrected chi connectivity index (χ1v) is 11.4. The number of ether oxygens (including phenoxy) is 1. The highest BCUT2D eigenvalue weighted by Gasteiger charge is 2.35.